The lowest BCUT2D eigenvalue weighted by Gasteiger charge is -2.18. The van der Waals surface area contributed by atoms with Crippen molar-refractivity contribution in [1.29, 1.82) is 0 Å². The van der Waals surface area contributed by atoms with Crippen LogP contribution in [0.4, 0.5) is 0 Å². The van der Waals surface area contributed by atoms with Gasteiger partial charge in [-0.1, -0.05) is 0 Å². The lowest BCUT2D eigenvalue weighted by molar-refractivity contribution is 0.0571. The first-order valence-electron chi connectivity index (χ1n) is 5.48. The zero-order valence-corrected chi connectivity index (χ0v) is 9.91. The third kappa shape index (κ3) is 1.97. The third-order valence-electron chi connectivity index (χ3n) is 3.01. The number of nitrogens with zero attached hydrogens (tertiary/aromatic N) is 1. The number of β-amino-alcohol motifs (C(OH)–C–C–N with tert-alkyl or cyclic N) is 1. The predicted octanol–water partition coefficient (Wildman–Crippen LogP) is 1.49. The van der Waals surface area contributed by atoms with Crippen LogP contribution in [0, 0.1) is 13.8 Å². The Kier molecular flexibility index (Phi) is 2.54. The lowest BCUT2D eigenvalue weighted by Crippen LogP contribution is -2.33. The summed E-state index contributed by atoms with van der Waals surface area (Å²) in [5.41, 5.74) is -0.141. The Bertz CT molecular complexity index is 420. The average molecular weight is 223 g/mol. The molecule has 0 radical (unpaired) electrons. The van der Waals surface area contributed by atoms with Crippen molar-refractivity contribution in [1.82, 2.24) is 4.90 Å². The molecule has 1 aromatic heterocycles. The highest BCUT2D eigenvalue weighted by molar-refractivity contribution is 5.95. The first-order valence-corrected chi connectivity index (χ1v) is 5.48. The number of carbonyl (C=O) groups excluding carboxylic acids is 1. The highest BCUT2D eigenvalue weighted by Crippen LogP contribution is 2.24. The van der Waals surface area contributed by atoms with Crippen LogP contribution in [0.3, 0.4) is 0 Å². The summed E-state index contributed by atoms with van der Waals surface area (Å²) in [5.74, 6) is 1.34. The van der Waals surface area contributed by atoms with Crippen LogP contribution in [0.5, 0.6) is 0 Å². The normalized spacial score (nSPS) is 25.1. The fourth-order valence-corrected chi connectivity index (χ4v) is 2.13. The molecule has 1 saturated heterocycles. The molecule has 1 unspecified atom stereocenters. The molecule has 1 aliphatic rings. The molecule has 0 aromatic carbocycles. The molecule has 88 valence electrons. The van der Waals surface area contributed by atoms with Gasteiger partial charge in [-0.2, -0.15) is 0 Å². The van der Waals surface area contributed by atoms with Crippen molar-refractivity contribution in [3.63, 3.8) is 0 Å². The molecule has 1 atom stereocenters. The highest BCUT2D eigenvalue weighted by Gasteiger charge is 2.35. The van der Waals surface area contributed by atoms with E-state index in [1.165, 1.54) is 0 Å². The van der Waals surface area contributed by atoms with E-state index in [1.807, 2.05) is 6.92 Å². The van der Waals surface area contributed by atoms with E-state index in [4.69, 9.17) is 4.42 Å². The van der Waals surface area contributed by atoms with Gasteiger partial charge >= 0.3 is 0 Å². The van der Waals surface area contributed by atoms with Crippen molar-refractivity contribution >= 4 is 5.91 Å². The molecular formula is C12H17NO3. The van der Waals surface area contributed by atoms with Gasteiger partial charge in [0.2, 0.25) is 0 Å². The summed E-state index contributed by atoms with van der Waals surface area (Å²) in [7, 11) is 0. The molecule has 4 heteroatoms. The second kappa shape index (κ2) is 3.63. The summed E-state index contributed by atoms with van der Waals surface area (Å²) < 4.78 is 5.34. The summed E-state index contributed by atoms with van der Waals surface area (Å²) in [4.78, 5) is 13.8. The largest absolute Gasteiger partial charge is 0.466 e. The van der Waals surface area contributed by atoms with Crippen LogP contribution in [0.2, 0.25) is 0 Å². The van der Waals surface area contributed by atoms with Crippen molar-refractivity contribution in [2.24, 2.45) is 0 Å². The zero-order valence-electron chi connectivity index (χ0n) is 9.91. The second-order valence-electron chi connectivity index (χ2n) is 4.80. The van der Waals surface area contributed by atoms with Crippen molar-refractivity contribution in [2.75, 3.05) is 13.1 Å². The smallest absolute Gasteiger partial charge is 0.257 e. The summed E-state index contributed by atoms with van der Waals surface area (Å²) in [6.07, 6.45) is 0.634. The molecule has 1 aliphatic heterocycles. The molecule has 16 heavy (non-hydrogen) atoms. The highest BCUT2D eigenvalue weighted by atomic mass is 16.3. The Balaban J connectivity index is 2.18. The predicted molar refractivity (Wildman–Crippen MR) is 59.3 cm³/mol. The topological polar surface area (TPSA) is 53.7 Å². The van der Waals surface area contributed by atoms with Gasteiger partial charge in [-0.25, -0.2) is 0 Å². The number of carbonyl (C=O) groups is 1. The minimum absolute atomic E-state index is 0.0490. The van der Waals surface area contributed by atoms with Crippen molar-refractivity contribution in [3.8, 4) is 0 Å². The number of hydrogen-bond donors (Lipinski definition) is 1. The van der Waals surface area contributed by atoms with Gasteiger partial charge in [-0.3, -0.25) is 4.79 Å². The molecule has 1 aromatic rings. The van der Waals surface area contributed by atoms with Crippen molar-refractivity contribution in [3.05, 3.63) is 23.2 Å². The van der Waals surface area contributed by atoms with E-state index in [9.17, 15) is 9.90 Å². The second-order valence-corrected chi connectivity index (χ2v) is 4.80. The maximum Gasteiger partial charge on any atom is 0.257 e. The van der Waals surface area contributed by atoms with E-state index in [1.54, 1.807) is 24.8 Å². The number of rotatable bonds is 1. The summed E-state index contributed by atoms with van der Waals surface area (Å²) in [5, 5.41) is 9.82. The fourth-order valence-electron chi connectivity index (χ4n) is 2.13. The van der Waals surface area contributed by atoms with Gasteiger partial charge in [0.15, 0.2) is 0 Å². The number of amides is 1. The van der Waals surface area contributed by atoms with Crippen molar-refractivity contribution in [2.45, 2.75) is 32.8 Å². The van der Waals surface area contributed by atoms with Gasteiger partial charge in [0.05, 0.1) is 11.2 Å². The molecule has 1 fully saturated rings. The molecule has 2 rings (SSSR count). The summed E-state index contributed by atoms with van der Waals surface area (Å²) in [6, 6.07) is 1.75. The van der Waals surface area contributed by atoms with Gasteiger partial charge in [-0.15, -0.1) is 0 Å². The van der Waals surface area contributed by atoms with Crippen LogP contribution in [-0.4, -0.2) is 34.6 Å². The van der Waals surface area contributed by atoms with Gasteiger partial charge in [0.25, 0.3) is 5.91 Å². The van der Waals surface area contributed by atoms with Gasteiger partial charge in [-0.05, 0) is 33.3 Å². The van der Waals surface area contributed by atoms with Crippen LogP contribution in [-0.2, 0) is 0 Å². The van der Waals surface area contributed by atoms with E-state index in [2.05, 4.69) is 0 Å². The Hall–Kier alpha value is -1.29. The first kappa shape index (κ1) is 11.2. The number of aryl methyl sites for hydroxylation is 2. The SMILES string of the molecule is Cc1cc(C(=O)N2CCC(C)(O)C2)c(C)o1. The zero-order chi connectivity index (χ0) is 11.9. The van der Waals surface area contributed by atoms with E-state index in [-0.39, 0.29) is 5.91 Å². The van der Waals surface area contributed by atoms with Gasteiger partial charge in [0.1, 0.15) is 11.5 Å². The standard InChI is InChI=1S/C12H17NO3/c1-8-6-10(9(2)16-8)11(14)13-5-4-12(3,15)7-13/h6,15H,4-5,7H2,1-3H3. The number of aliphatic hydroxyl groups is 1. The molecule has 0 aliphatic carbocycles. The molecule has 0 spiro atoms. The molecule has 1 N–H and O–H groups in total. The average Bonchev–Trinajstić information content (AvgIpc) is 2.68. The Morgan fingerprint density at radius 3 is 2.69 bits per heavy atom. The minimum Gasteiger partial charge on any atom is -0.466 e. The molecule has 1 amide bonds. The van der Waals surface area contributed by atoms with Gasteiger partial charge < -0.3 is 14.4 Å². The van der Waals surface area contributed by atoms with E-state index >= 15 is 0 Å². The Morgan fingerprint density at radius 2 is 2.25 bits per heavy atom. The summed E-state index contributed by atoms with van der Waals surface area (Å²) in [6.45, 7) is 6.37. The van der Waals surface area contributed by atoms with Crippen LogP contribution in [0.1, 0.15) is 35.2 Å². The summed E-state index contributed by atoms with van der Waals surface area (Å²) >= 11 is 0. The van der Waals surface area contributed by atoms with Crippen molar-refractivity contribution < 1.29 is 14.3 Å². The quantitative estimate of drug-likeness (QED) is 0.784. The Morgan fingerprint density at radius 1 is 1.56 bits per heavy atom. The van der Waals surface area contributed by atoms with Gasteiger partial charge in [0, 0.05) is 13.1 Å². The van der Waals surface area contributed by atoms with Crippen LogP contribution in [0.15, 0.2) is 10.5 Å². The molecule has 0 bridgehead atoms. The fraction of sp³-hybridized carbons (Fsp3) is 0.583. The number of likely N-dealkylation sites (tertiary alicyclic amines) is 1. The van der Waals surface area contributed by atoms with E-state index in [0.29, 0.717) is 30.8 Å². The Labute approximate surface area is 94.9 Å². The molecule has 0 saturated carbocycles. The van der Waals surface area contributed by atoms with E-state index < -0.39 is 5.60 Å². The van der Waals surface area contributed by atoms with Crippen LogP contribution in [0.25, 0.3) is 0 Å². The maximum absolute atomic E-state index is 12.1. The lowest BCUT2D eigenvalue weighted by atomic mass is 10.1. The first-order chi connectivity index (χ1) is 7.39. The molecule has 4 nitrogen and oxygen atoms in total. The number of hydrogen-bond acceptors (Lipinski definition) is 3. The minimum atomic E-state index is -0.748. The monoisotopic (exact) mass is 223 g/mol. The van der Waals surface area contributed by atoms with E-state index in [0.717, 1.165) is 5.76 Å². The third-order valence-corrected chi connectivity index (χ3v) is 3.01. The molecule has 2 heterocycles. The van der Waals surface area contributed by atoms with Crippen LogP contribution >= 0.6 is 0 Å². The van der Waals surface area contributed by atoms with Crippen LogP contribution < -0.4 is 0 Å². The molecular weight excluding hydrogens is 206 g/mol. The number of furan rings is 1. The maximum atomic E-state index is 12.1.